The molecule has 0 aliphatic carbocycles. The van der Waals surface area contributed by atoms with Crippen LogP contribution in [-0.4, -0.2) is 9.78 Å². The smallest absolute Gasteiger partial charge is 0.149 e. The number of nitrogens with zero attached hydrogens (tertiary/aromatic N) is 2. The topological polar surface area (TPSA) is 43.8 Å². The summed E-state index contributed by atoms with van der Waals surface area (Å²) < 4.78 is 28.1. The van der Waals surface area contributed by atoms with E-state index in [-0.39, 0.29) is 5.69 Å². The number of hydrogen-bond acceptors (Lipinski definition) is 2. The van der Waals surface area contributed by atoms with Gasteiger partial charge < -0.3 is 5.73 Å². The molecule has 2 rings (SSSR count). The van der Waals surface area contributed by atoms with Gasteiger partial charge in [-0.15, -0.1) is 0 Å². The highest BCUT2D eigenvalue weighted by atomic mass is 19.1. The summed E-state index contributed by atoms with van der Waals surface area (Å²) >= 11 is 0. The third-order valence-electron chi connectivity index (χ3n) is 2.78. The molecule has 0 atom stereocenters. The van der Waals surface area contributed by atoms with Gasteiger partial charge in [0.1, 0.15) is 17.3 Å². The van der Waals surface area contributed by atoms with Crippen LogP contribution in [0.25, 0.3) is 5.69 Å². The maximum Gasteiger partial charge on any atom is 0.149 e. The molecule has 0 aliphatic heterocycles. The lowest BCUT2D eigenvalue weighted by molar-refractivity contribution is 0.584. The summed E-state index contributed by atoms with van der Waals surface area (Å²) in [6.45, 7) is 3.91. The summed E-state index contributed by atoms with van der Waals surface area (Å²) in [5, 5.41) is 4.18. The average molecular weight is 237 g/mol. The molecule has 0 unspecified atom stereocenters. The van der Waals surface area contributed by atoms with Crippen molar-refractivity contribution in [3.8, 4) is 5.69 Å². The first-order valence-electron chi connectivity index (χ1n) is 5.25. The van der Waals surface area contributed by atoms with Gasteiger partial charge in [-0.25, -0.2) is 13.5 Å². The number of aromatic nitrogens is 2. The Morgan fingerprint density at radius 3 is 2.59 bits per heavy atom. The Hall–Kier alpha value is -1.75. The lowest BCUT2D eigenvalue weighted by atomic mass is 10.2. The molecule has 0 saturated heterocycles. The van der Waals surface area contributed by atoms with Gasteiger partial charge in [-0.3, -0.25) is 0 Å². The Kier molecular flexibility index (Phi) is 2.93. The number of benzene rings is 1. The molecule has 17 heavy (non-hydrogen) atoms. The zero-order valence-corrected chi connectivity index (χ0v) is 9.67. The minimum Gasteiger partial charge on any atom is -0.326 e. The van der Waals surface area contributed by atoms with Crippen molar-refractivity contribution in [2.75, 3.05) is 0 Å². The first kappa shape index (κ1) is 11.7. The van der Waals surface area contributed by atoms with Crippen LogP contribution in [0, 0.1) is 25.5 Å². The third-order valence-corrected chi connectivity index (χ3v) is 2.78. The highest BCUT2D eigenvalue weighted by molar-refractivity contribution is 5.38. The molecule has 0 amide bonds. The van der Waals surface area contributed by atoms with Crippen LogP contribution in [0.3, 0.4) is 0 Å². The molecule has 0 bridgehead atoms. The average Bonchev–Trinajstić information content (AvgIpc) is 2.57. The number of aryl methyl sites for hydroxylation is 1. The number of nitrogens with two attached hydrogens (primary N) is 1. The maximum atomic E-state index is 13.6. The third kappa shape index (κ3) is 1.93. The van der Waals surface area contributed by atoms with E-state index in [0.717, 1.165) is 35.2 Å². The number of rotatable bonds is 2. The fourth-order valence-electron chi connectivity index (χ4n) is 1.85. The van der Waals surface area contributed by atoms with Gasteiger partial charge in [-0.2, -0.15) is 5.10 Å². The lowest BCUT2D eigenvalue weighted by Crippen LogP contribution is -2.04. The summed E-state index contributed by atoms with van der Waals surface area (Å²) in [5.41, 5.74) is 8.01. The summed E-state index contributed by atoms with van der Waals surface area (Å²) in [6, 6.07) is 3.28. The van der Waals surface area contributed by atoms with Gasteiger partial charge >= 0.3 is 0 Å². The molecule has 0 saturated carbocycles. The summed E-state index contributed by atoms with van der Waals surface area (Å²) in [4.78, 5) is 0. The molecule has 0 spiro atoms. The normalized spacial score (nSPS) is 10.9. The number of hydrogen-bond donors (Lipinski definition) is 1. The molecule has 3 nitrogen and oxygen atoms in total. The van der Waals surface area contributed by atoms with Gasteiger partial charge in [0.15, 0.2) is 0 Å². The van der Waals surface area contributed by atoms with Crippen LogP contribution < -0.4 is 5.73 Å². The van der Waals surface area contributed by atoms with Crippen molar-refractivity contribution in [2.24, 2.45) is 5.73 Å². The molecule has 90 valence electrons. The van der Waals surface area contributed by atoms with E-state index >= 15 is 0 Å². The van der Waals surface area contributed by atoms with Gasteiger partial charge in [-0.1, -0.05) is 0 Å². The minimum absolute atomic E-state index is 0.102. The molecule has 1 aromatic heterocycles. The van der Waals surface area contributed by atoms with E-state index in [1.54, 1.807) is 13.8 Å². The molecule has 2 N–H and O–H groups in total. The summed E-state index contributed by atoms with van der Waals surface area (Å²) in [5.74, 6) is -1.01. The van der Waals surface area contributed by atoms with Gasteiger partial charge in [0.05, 0.1) is 5.69 Å². The zero-order chi connectivity index (χ0) is 12.6. The Bertz CT molecular complexity index is 561. The van der Waals surface area contributed by atoms with Crippen LogP contribution >= 0.6 is 0 Å². The van der Waals surface area contributed by atoms with E-state index in [0.29, 0.717) is 6.54 Å². The fourth-order valence-corrected chi connectivity index (χ4v) is 1.85. The monoisotopic (exact) mass is 237 g/mol. The quantitative estimate of drug-likeness (QED) is 0.870. The van der Waals surface area contributed by atoms with Crippen molar-refractivity contribution in [3.63, 3.8) is 0 Å². The molecule has 1 heterocycles. The van der Waals surface area contributed by atoms with E-state index in [4.69, 9.17) is 5.73 Å². The summed E-state index contributed by atoms with van der Waals surface area (Å²) in [7, 11) is 0. The van der Waals surface area contributed by atoms with Crippen molar-refractivity contribution < 1.29 is 8.78 Å². The second-order valence-corrected chi connectivity index (χ2v) is 3.86. The second-order valence-electron chi connectivity index (χ2n) is 3.86. The van der Waals surface area contributed by atoms with Crippen molar-refractivity contribution >= 4 is 0 Å². The largest absolute Gasteiger partial charge is 0.326 e. The number of halogens is 2. The molecular weight excluding hydrogens is 224 g/mol. The molecule has 0 radical (unpaired) electrons. The standard InChI is InChI=1S/C12H13F2N3/c1-7-10(6-15)8(2)17(16-7)12-5-9(13)3-4-11(12)14/h3-5H,6,15H2,1-2H3. The molecule has 5 heteroatoms. The van der Waals surface area contributed by atoms with Crippen LogP contribution in [-0.2, 0) is 6.54 Å². The fraction of sp³-hybridized carbons (Fsp3) is 0.250. The zero-order valence-electron chi connectivity index (χ0n) is 9.67. The Morgan fingerprint density at radius 1 is 1.29 bits per heavy atom. The van der Waals surface area contributed by atoms with E-state index in [2.05, 4.69) is 5.10 Å². The molecule has 2 aromatic rings. The van der Waals surface area contributed by atoms with Gasteiger partial charge in [0, 0.05) is 23.9 Å². The van der Waals surface area contributed by atoms with Gasteiger partial charge in [-0.05, 0) is 26.0 Å². The van der Waals surface area contributed by atoms with Crippen LogP contribution in [0.15, 0.2) is 18.2 Å². The van der Waals surface area contributed by atoms with Crippen LogP contribution in [0.5, 0.6) is 0 Å². The lowest BCUT2D eigenvalue weighted by Gasteiger charge is -2.06. The molecule has 1 aromatic carbocycles. The highest BCUT2D eigenvalue weighted by Crippen LogP contribution is 2.20. The van der Waals surface area contributed by atoms with E-state index in [1.165, 1.54) is 4.68 Å². The highest BCUT2D eigenvalue weighted by Gasteiger charge is 2.14. The second kappa shape index (κ2) is 4.25. The van der Waals surface area contributed by atoms with Crippen molar-refractivity contribution in [3.05, 3.63) is 46.8 Å². The van der Waals surface area contributed by atoms with Crippen molar-refractivity contribution in [1.82, 2.24) is 9.78 Å². The summed E-state index contributed by atoms with van der Waals surface area (Å²) in [6.07, 6.45) is 0. The first-order valence-corrected chi connectivity index (χ1v) is 5.25. The molecule has 0 aliphatic rings. The Labute approximate surface area is 97.9 Å². The van der Waals surface area contributed by atoms with Gasteiger partial charge in [0.25, 0.3) is 0 Å². The van der Waals surface area contributed by atoms with E-state index in [1.807, 2.05) is 0 Å². The predicted octanol–water partition coefficient (Wildman–Crippen LogP) is 2.23. The first-order chi connectivity index (χ1) is 8.04. The SMILES string of the molecule is Cc1nn(-c2cc(F)ccc2F)c(C)c1CN. The Balaban J connectivity index is 2.64. The maximum absolute atomic E-state index is 13.6. The van der Waals surface area contributed by atoms with Crippen LogP contribution in [0.2, 0.25) is 0 Å². The van der Waals surface area contributed by atoms with E-state index < -0.39 is 11.6 Å². The minimum atomic E-state index is -0.513. The van der Waals surface area contributed by atoms with Crippen molar-refractivity contribution in [2.45, 2.75) is 20.4 Å². The Morgan fingerprint density at radius 2 is 2.00 bits per heavy atom. The van der Waals surface area contributed by atoms with E-state index in [9.17, 15) is 8.78 Å². The predicted molar refractivity (Wildman–Crippen MR) is 60.8 cm³/mol. The molecular formula is C12H13F2N3. The van der Waals surface area contributed by atoms with Crippen LogP contribution in [0.1, 0.15) is 17.0 Å². The van der Waals surface area contributed by atoms with Gasteiger partial charge in [0.2, 0.25) is 0 Å². The van der Waals surface area contributed by atoms with Crippen LogP contribution in [0.4, 0.5) is 8.78 Å². The van der Waals surface area contributed by atoms with Crippen molar-refractivity contribution in [1.29, 1.82) is 0 Å². The molecule has 0 fully saturated rings.